The van der Waals surface area contributed by atoms with Crippen molar-refractivity contribution in [3.8, 4) is 0 Å². The van der Waals surface area contributed by atoms with Gasteiger partial charge in [-0.05, 0) is 45.4 Å². The molecule has 0 bridgehead atoms. The molecule has 20 heavy (non-hydrogen) atoms. The van der Waals surface area contributed by atoms with E-state index in [1.165, 1.54) is 6.92 Å². The van der Waals surface area contributed by atoms with E-state index in [1.807, 2.05) is 0 Å². The van der Waals surface area contributed by atoms with E-state index < -0.39 is 29.4 Å². The van der Waals surface area contributed by atoms with Crippen molar-refractivity contribution in [3.63, 3.8) is 0 Å². The lowest BCUT2D eigenvalue weighted by Crippen LogP contribution is -2.35. The molecule has 1 unspecified atom stereocenters. The summed E-state index contributed by atoms with van der Waals surface area (Å²) in [7, 11) is 0. The lowest BCUT2D eigenvalue weighted by atomic mass is 10.0. The number of hydrogen-bond acceptors (Lipinski definition) is 3. The molecule has 1 rings (SSSR count). The smallest absolute Gasteiger partial charge is 0.408 e. The van der Waals surface area contributed by atoms with Crippen LogP contribution in [0.25, 0.3) is 0 Å². The predicted octanol–water partition coefficient (Wildman–Crippen LogP) is 3.04. The standard InChI is InChI=1S/C14H17F2NO3/c1-8-5-11(16)9(6-10(8)15)12(7-18)17-13(19)20-14(2,3)4/h5-7,12H,1-4H3,(H,17,19). The predicted molar refractivity (Wildman–Crippen MR) is 69.3 cm³/mol. The molecule has 1 atom stereocenters. The van der Waals surface area contributed by atoms with Crippen molar-refractivity contribution in [2.24, 2.45) is 0 Å². The van der Waals surface area contributed by atoms with Crippen molar-refractivity contribution in [2.45, 2.75) is 39.3 Å². The van der Waals surface area contributed by atoms with E-state index in [1.54, 1.807) is 20.8 Å². The molecule has 0 aliphatic rings. The number of rotatable bonds is 3. The Morgan fingerprint density at radius 1 is 1.30 bits per heavy atom. The highest BCUT2D eigenvalue weighted by Crippen LogP contribution is 2.20. The Morgan fingerprint density at radius 2 is 1.90 bits per heavy atom. The molecule has 0 aromatic heterocycles. The second kappa shape index (κ2) is 5.98. The number of carbonyl (C=O) groups is 2. The highest BCUT2D eigenvalue weighted by atomic mass is 19.1. The Hall–Kier alpha value is -1.98. The normalized spacial score (nSPS) is 12.7. The van der Waals surface area contributed by atoms with Gasteiger partial charge in [0.2, 0.25) is 0 Å². The summed E-state index contributed by atoms with van der Waals surface area (Å²) in [4.78, 5) is 22.6. The zero-order valence-electron chi connectivity index (χ0n) is 11.8. The highest BCUT2D eigenvalue weighted by molar-refractivity contribution is 5.74. The van der Waals surface area contributed by atoms with Gasteiger partial charge in [-0.3, -0.25) is 0 Å². The van der Waals surface area contributed by atoms with Crippen molar-refractivity contribution in [2.75, 3.05) is 0 Å². The topological polar surface area (TPSA) is 55.4 Å². The van der Waals surface area contributed by atoms with Crippen LogP contribution in [0.1, 0.15) is 37.9 Å². The first kappa shape index (κ1) is 16.1. The van der Waals surface area contributed by atoms with Crippen molar-refractivity contribution in [3.05, 3.63) is 34.9 Å². The number of aryl methyl sites for hydroxylation is 1. The number of ether oxygens (including phenoxy) is 1. The maximum absolute atomic E-state index is 13.7. The van der Waals surface area contributed by atoms with E-state index in [9.17, 15) is 18.4 Å². The molecule has 1 amide bonds. The van der Waals surface area contributed by atoms with Crippen molar-refractivity contribution >= 4 is 12.4 Å². The molecule has 110 valence electrons. The quantitative estimate of drug-likeness (QED) is 0.868. The summed E-state index contributed by atoms with van der Waals surface area (Å²) in [5.74, 6) is -1.42. The second-order valence-electron chi connectivity index (χ2n) is 5.38. The van der Waals surface area contributed by atoms with Gasteiger partial charge < -0.3 is 14.8 Å². The molecule has 1 N–H and O–H groups in total. The van der Waals surface area contributed by atoms with Gasteiger partial charge in [0.1, 0.15) is 29.6 Å². The van der Waals surface area contributed by atoms with E-state index in [-0.39, 0.29) is 11.1 Å². The molecule has 0 heterocycles. The summed E-state index contributed by atoms with van der Waals surface area (Å²) in [6, 6.07) is 0.555. The van der Waals surface area contributed by atoms with Gasteiger partial charge in [-0.2, -0.15) is 0 Å². The lowest BCUT2D eigenvalue weighted by molar-refractivity contribution is -0.109. The minimum Gasteiger partial charge on any atom is -0.444 e. The third kappa shape index (κ3) is 4.29. The lowest BCUT2D eigenvalue weighted by Gasteiger charge is -2.22. The Labute approximate surface area is 116 Å². The largest absolute Gasteiger partial charge is 0.444 e. The van der Waals surface area contributed by atoms with Crippen molar-refractivity contribution in [1.82, 2.24) is 5.32 Å². The number of halogens is 2. The second-order valence-corrected chi connectivity index (χ2v) is 5.38. The molecular formula is C14H17F2NO3. The summed E-state index contributed by atoms with van der Waals surface area (Å²) < 4.78 is 32.1. The van der Waals surface area contributed by atoms with E-state index in [0.717, 1.165) is 12.1 Å². The van der Waals surface area contributed by atoms with Gasteiger partial charge in [0, 0.05) is 5.56 Å². The zero-order valence-corrected chi connectivity index (χ0v) is 11.8. The summed E-state index contributed by atoms with van der Waals surface area (Å²) in [6.07, 6.45) is -0.563. The average Bonchev–Trinajstić information content (AvgIpc) is 2.29. The monoisotopic (exact) mass is 285 g/mol. The SMILES string of the molecule is Cc1cc(F)c(C(C=O)NC(=O)OC(C)(C)C)cc1F. The highest BCUT2D eigenvalue weighted by Gasteiger charge is 2.23. The molecule has 0 fully saturated rings. The maximum Gasteiger partial charge on any atom is 0.408 e. The van der Waals surface area contributed by atoms with Crippen LogP contribution in [0.2, 0.25) is 0 Å². The minimum atomic E-state index is -1.31. The minimum absolute atomic E-state index is 0.119. The fraction of sp³-hybridized carbons (Fsp3) is 0.429. The van der Waals surface area contributed by atoms with Gasteiger partial charge in [-0.25, -0.2) is 13.6 Å². The molecule has 0 spiro atoms. The summed E-state index contributed by atoms with van der Waals surface area (Å²) >= 11 is 0. The van der Waals surface area contributed by atoms with Gasteiger partial charge in [0.25, 0.3) is 0 Å². The first-order valence-electron chi connectivity index (χ1n) is 6.04. The first-order valence-corrected chi connectivity index (χ1v) is 6.04. The van der Waals surface area contributed by atoms with Gasteiger partial charge in [-0.15, -0.1) is 0 Å². The average molecular weight is 285 g/mol. The third-order valence-corrected chi connectivity index (χ3v) is 2.42. The number of hydrogen-bond donors (Lipinski definition) is 1. The molecule has 4 nitrogen and oxygen atoms in total. The van der Waals surface area contributed by atoms with Crippen LogP contribution in [0.5, 0.6) is 0 Å². The van der Waals surface area contributed by atoms with E-state index in [0.29, 0.717) is 6.29 Å². The Kier molecular flexibility index (Phi) is 4.81. The van der Waals surface area contributed by atoms with Gasteiger partial charge in [0.05, 0.1) is 0 Å². The van der Waals surface area contributed by atoms with Gasteiger partial charge >= 0.3 is 6.09 Å². The Balaban J connectivity index is 2.95. The fourth-order valence-electron chi connectivity index (χ4n) is 1.52. The number of benzene rings is 1. The van der Waals surface area contributed by atoms with Crippen LogP contribution in [-0.4, -0.2) is 18.0 Å². The van der Waals surface area contributed by atoms with Crippen LogP contribution in [0.3, 0.4) is 0 Å². The molecule has 1 aromatic rings. The molecule has 1 aromatic carbocycles. The van der Waals surface area contributed by atoms with Crippen LogP contribution < -0.4 is 5.32 Å². The summed E-state index contributed by atoms with van der Waals surface area (Å²) in [6.45, 7) is 6.34. The van der Waals surface area contributed by atoms with Crippen LogP contribution in [0.15, 0.2) is 12.1 Å². The first-order chi connectivity index (χ1) is 9.14. The van der Waals surface area contributed by atoms with Gasteiger partial charge in [-0.1, -0.05) is 0 Å². The van der Waals surface area contributed by atoms with Crippen LogP contribution >= 0.6 is 0 Å². The number of aldehydes is 1. The van der Waals surface area contributed by atoms with E-state index in [2.05, 4.69) is 5.32 Å². The number of carbonyl (C=O) groups excluding carboxylic acids is 2. The Morgan fingerprint density at radius 3 is 2.40 bits per heavy atom. The molecule has 0 aliphatic heterocycles. The van der Waals surface area contributed by atoms with E-state index >= 15 is 0 Å². The fourth-order valence-corrected chi connectivity index (χ4v) is 1.52. The molecule has 0 saturated heterocycles. The van der Waals surface area contributed by atoms with Crippen LogP contribution in [0, 0.1) is 18.6 Å². The van der Waals surface area contributed by atoms with Crippen LogP contribution in [0.4, 0.5) is 13.6 Å². The van der Waals surface area contributed by atoms with Gasteiger partial charge in [0.15, 0.2) is 0 Å². The molecule has 0 aliphatic carbocycles. The third-order valence-electron chi connectivity index (χ3n) is 2.42. The molecule has 0 saturated carbocycles. The number of amides is 1. The van der Waals surface area contributed by atoms with Crippen LogP contribution in [-0.2, 0) is 9.53 Å². The Bertz CT molecular complexity index is 524. The molecule has 0 radical (unpaired) electrons. The van der Waals surface area contributed by atoms with Crippen molar-refractivity contribution in [1.29, 1.82) is 0 Å². The zero-order chi connectivity index (χ0) is 15.5. The number of alkyl carbamates (subject to hydrolysis) is 1. The van der Waals surface area contributed by atoms with E-state index in [4.69, 9.17) is 4.74 Å². The van der Waals surface area contributed by atoms with Crippen molar-refractivity contribution < 1.29 is 23.1 Å². The number of nitrogens with one attached hydrogen (secondary N) is 1. The maximum atomic E-state index is 13.7. The molecular weight excluding hydrogens is 268 g/mol. The summed E-state index contributed by atoms with van der Waals surface area (Å²) in [5, 5.41) is 2.19. The summed E-state index contributed by atoms with van der Waals surface area (Å²) in [5.41, 5.74) is -0.878. The molecule has 6 heteroatoms.